The second-order valence-electron chi connectivity index (χ2n) is 3.16. The van der Waals surface area contributed by atoms with E-state index in [2.05, 4.69) is 0 Å². The molecule has 1 fully saturated rings. The summed E-state index contributed by atoms with van der Waals surface area (Å²) in [7, 11) is 0. The molecule has 0 radical (unpaired) electrons. The van der Waals surface area contributed by atoms with Crippen molar-refractivity contribution >= 4 is 5.91 Å². The molecule has 0 heterocycles. The van der Waals surface area contributed by atoms with E-state index in [-0.39, 0.29) is 5.92 Å². The average molecular weight is 181 g/mol. The van der Waals surface area contributed by atoms with Crippen LogP contribution in [0.1, 0.15) is 19.3 Å². The number of hydrogen-bond donors (Lipinski definition) is 1. The summed E-state index contributed by atoms with van der Waals surface area (Å²) in [5, 5.41) is 0. The normalized spacial score (nSPS) is 20.6. The molecule has 12 heavy (non-hydrogen) atoms. The maximum absolute atomic E-state index is 12.2. The summed E-state index contributed by atoms with van der Waals surface area (Å²) in [4.78, 5) is 10.3. The molecule has 0 aliphatic heterocycles. The van der Waals surface area contributed by atoms with Crippen LogP contribution in [0.2, 0.25) is 0 Å². The highest BCUT2D eigenvalue weighted by Crippen LogP contribution is 2.46. The minimum Gasteiger partial charge on any atom is -0.370 e. The summed E-state index contributed by atoms with van der Waals surface area (Å²) in [6, 6.07) is 0. The quantitative estimate of drug-likeness (QED) is 0.703. The van der Waals surface area contributed by atoms with Crippen molar-refractivity contribution in [2.24, 2.45) is 17.6 Å². The first-order valence-electron chi connectivity index (χ1n) is 3.76. The third-order valence-corrected chi connectivity index (χ3v) is 2.03. The third kappa shape index (κ3) is 2.39. The van der Waals surface area contributed by atoms with E-state index in [9.17, 15) is 18.0 Å². The van der Waals surface area contributed by atoms with E-state index in [1.165, 1.54) is 0 Å². The third-order valence-electron chi connectivity index (χ3n) is 2.03. The van der Waals surface area contributed by atoms with Gasteiger partial charge in [-0.3, -0.25) is 4.79 Å². The predicted octanol–water partition coefficient (Wildman–Crippen LogP) is 1.45. The van der Waals surface area contributed by atoms with Gasteiger partial charge in [-0.25, -0.2) is 0 Å². The van der Waals surface area contributed by atoms with Crippen molar-refractivity contribution in [3.05, 3.63) is 0 Å². The summed E-state index contributed by atoms with van der Waals surface area (Å²) in [6.07, 6.45) is -3.70. The highest BCUT2D eigenvalue weighted by atomic mass is 19.4. The van der Waals surface area contributed by atoms with Crippen molar-refractivity contribution < 1.29 is 18.0 Å². The molecule has 0 spiro atoms. The van der Waals surface area contributed by atoms with Crippen molar-refractivity contribution in [1.29, 1.82) is 0 Å². The predicted molar refractivity (Wildman–Crippen MR) is 36.1 cm³/mol. The minimum absolute atomic E-state index is 0.363. The molecule has 1 amide bonds. The molecular weight excluding hydrogens is 171 g/mol. The van der Waals surface area contributed by atoms with E-state index in [1.807, 2.05) is 0 Å². The van der Waals surface area contributed by atoms with E-state index in [1.54, 1.807) is 0 Å². The second kappa shape index (κ2) is 2.95. The van der Waals surface area contributed by atoms with Gasteiger partial charge in [-0.1, -0.05) is 0 Å². The molecule has 0 bridgehead atoms. The summed E-state index contributed by atoms with van der Waals surface area (Å²) < 4.78 is 36.5. The number of hydrogen-bond acceptors (Lipinski definition) is 1. The van der Waals surface area contributed by atoms with E-state index in [0.29, 0.717) is 12.8 Å². The number of carbonyl (C=O) groups excluding carboxylic acids is 1. The van der Waals surface area contributed by atoms with Gasteiger partial charge in [0, 0.05) is 6.42 Å². The van der Waals surface area contributed by atoms with Crippen LogP contribution in [0.15, 0.2) is 0 Å². The largest absolute Gasteiger partial charge is 0.392 e. The number of primary amides is 1. The molecule has 5 heteroatoms. The Morgan fingerprint density at radius 2 is 2.00 bits per heavy atom. The number of alkyl halides is 3. The number of halogens is 3. The van der Waals surface area contributed by atoms with Crippen LogP contribution in [0, 0.1) is 11.8 Å². The first kappa shape index (κ1) is 9.35. The van der Waals surface area contributed by atoms with E-state index < -0.39 is 24.4 Å². The van der Waals surface area contributed by atoms with Gasteiger partial charge in [0.05, 0.1) is 5.92 Å². The maximum Gasteiger partial charge on any atom is 0.392 e. The minimum atomic E-state index is -4.27. The molecule has 1 rings (SSSR count). The maximum atomic E-state index is 12.2. The number of carbonyl (C=O) groups is 1. The lowest BCUT2D eigenvalue weighted by Gasteiger charge is -2.17. The Morgan fingerprint density at radius 1 is 1.50 bits per heavy atom. The Bertz CT molecular complexity index is 186. The Kier molecular flexibility index (Phi) is 2.30. The zero-order chi connectivity index (χ0) is 9.35. The van der Waals surface area contributed by atoms with Crippen LogP contribution in [-0.4, -0.2) is 12.1 Å². The summed E-state index contributed by atoms with van der Waals surface area (Å²) in [5.41, 5.74) is 4.72. The average Bonchev–Trinajstić information content (AvgIpc) is 2.60. The molecule has 0 aromatic rings. The second-order valence-corrected chi connectivity index (χ2v) is 3.16. The fourth-order valence-electron chi connectivity index (χ4n) is 1.26. The van der Waals surface area contributed by atoms with Crippen LogP contribution in [0.3, 0.4) is 0 Å². The highest BCUT2D eigenvalue weighted by Gasteiger charge is 2.49. The Balaban J connectivity index is 2.54. The van der Waals surface area contributed by atoms with Gasteiger partial charge < -0.3 is 5.73 Å². The molecule has 2 N–H and O–H groups in total. The van der Waals surface area contributed by atoms with Crippen LogP contribution < -0.4 is 5.73 Å². The lowest BCUT2D eigenvalue weighted by Crippen LogP contribution is -2.29. The topological polar surface area (TPSA) is 43.1 Å². The van der Waals surface area contributed by atoms with E-state index in [4.69, 9.17) is 5.73 Å². The van der Waals surface area contributed by atoms with Crippen molar-refractivity contribution in [3.63, 3.8) is 0 Å². The molecule has 0 aromatic carbocycles. The molecule has 70 valence electrons. The van der Waals surface area contributed by atoms with Gasteiger partial charge in [0.1, 0.15) is 0 Å². The summed E-state index contributed by atoms with van der Waals surface area (Å²) >= 11 is 0. The van der Waals surface area contributed by atoms with Crippen LogP contribution in [-0.2, 0) is 4.79 Å². The van der Waals surface area contributed by atoms with Crippen LogP contribution in [0.25, 0.3) is 0 Å². The van der Waals surface area contributed by atoms with Gasteiger partial charge >= 0.3 is 6.18 Å². The van der Waals surface area contributed by atoms with Crippen molar-refractivity contribution in [2.45, 2.75) is 25.4 Å². The Hall–Kier alpha value is -0.740. The zero-order valence-electron chi connectivity index (χ0n) is 6.40. The molecule has 0 unspecified atom stereocenters. The van der Waals surface area contributed by atoms with Crippen LogP contribution in [0.5, 0.6) is 0 Å². The van der Waals surface area contributed by atoms with Crippen LogP contribution in [0.4, 0.5) is 13.2 Å². The molecule has 1 atom stereocenters. The standard InChI is InChI=1S/C7H10F3NO/c8-7(9,10)5(3-6(11)12)4-1-2-4/h4-5H,1-3H2,(H2,11,12)/t5-/m1/s1. The van der Waals surface area contributed by atoms with Gasteiger partial charge in [-0.05, 0) is 18.8 Å². The van der Waals surface area contributed by atoms with Crippen molar-refractivity contribution in [1.82, 2.24) is 0 Å². The van der Waals surface area contributed by atoms with Crippen molar-refractivity contribution in [2.75, 3.05) is 0 Å². The smallest absolute Gasteiger partial charge is 0.370 e. The lowest BCUT2D eigenvalue weighted by atomic mass is 9.99. The van der Waals surface area contributed by atoms with Gasteiger partial charge in [0.25, 0.3) is 0 Å². The monoisotopic (exact) mass is 181 g/mol. The molecular formula is C7H10F3NO. The first-order chi connectivity index (χ1) is 5.41. The van der Waals surface area contributed by atoms with Crippen LogP contribution >= 0.6 is 0 Å². The molecule has 0 aromatic heterocycles. The van der Waals surface area contributed by atoms with E-state index in [0.717, 1.165) is 0 Å². The molecule has 1 saturated carbocycles. The molecule has 1 aliphatic rings. The van der Waals surface area contributed by atoms with Crippen molar-refractivity contribution in [3.8, 4) is 0 Å². The summed E-state index contributed by atoms with van der Waals surface area (Å²) in [6.45, 7) is 0. The lowest BCUT2D eigenvalue weighted by molar-refractivity contribution is -0.183. The van der Waals surface area contributed by atoms with E-state index >= 15 is 0 Å². The fourth-order valence-corrected chi connectivity index (χ4v) is 1.26. The molecule has 2 nitrogen and oxygen atoms in total. The Morgan fingerprint density at radius 3 is 2.25 bits per heavy atom. The number of nitrogens with two attached hydrogens (primary N) is 1. The number of rotatable bonds is 3. The van der Waals surface area contributed by atoms with Gasteiger partial charge in [0.2, 0.25) is 5.91 Å². The molecule has 1 aliphatic carbocycles. The van der Waals surface area contributed by atoms with Gasteiger partial charge in [-0.15, -0.1) is 0 Å². The zero-order valence-corrected chi connectivity index (χ0v) is 6.40. The fraction of sp³-hybridized carbons (Fsp3) is 0.857. The SMILES string of the molecule is NC(=O)C[C@H](C1CC1)C(F)(F)F. The Labute approximate surface area is 67.9 Å². The molecule has 0 saturated heterocycles. The summed E-state index contributed by atoms with van der Waals surface area (Å²) in [5.74, 6) is -2.74. The number of amides is 1. The highest BCUT2D eigenvalue weighted by molar-refractivity contribution is 5.74. The van der Waals surface area contributed by atoms with Gasteiger partial charge in [-0.2, -0.15) is 13.2 Å². The van der Waals surface area contributed by atoms with Gasteiger partial charge in [0.15, 0.2) is 0 Å². The first-order valence-corrected chi connectivity index (χ1v) is 3.76.